The molecular formula is C11H23N3O3. The molecule has 0 heterocycles. The van der Waals surface area contributed by atoms with Gasteiger partial charge >= 0.3 is 12.0 Å². The van der Waals surface area contributed by atoms with Crippen LogP contribution in [0.15, 0.2) is 0 Å². The number of carbonyl (C=O) groups excluding carboxylic acids is 1. The van der Waals surface area contributed by atoms with E-state index in [1.54, 1.807) is 0 Å². The second-order valence-electron chi connectivity index (χ2n) is 3.94. The molecule has 0 aromatic carbocycles. The third-order valence-electron chi connectivity index (χ3n) is 2.42. The lowest BCUT2D eigenvalue weighted by Gasteiger charge is -2.21. The van der Waals surface area contributed by atoms with Gasteiger partial charge in [-0.1, -0.05) is 13.8 Å². The molecule has 0 atom stereocenters. The molecule has 0 radical (unpaired) electrons. The van der Waals surface area contributed by atoms with Gasteiger partial charge in [0.15, 0.2) is 0 Å². The van der Waals surface area contributed by atoms with E-state index in [9.17, 15) is 9.59 Å². The van der Waals surface area contributed by atoms with Gasteiger partial charge in [-0.15, -0.1) is 0 Å². The van der Waals surface area contributed by atoms with E-state index in [0.717, 1.165) is 19.5 Å². The average molecular weight is 245 g/mol. The van der Waals surface area contributed by atoms with Gasteiger partial charge in [-0.05, 0) is 20.0 Å². The predicted octanol–water partition coefficient (Wildman–Crippen LogP) is 0.444. The fraction of sp³-hybridized carbons (Fsp3) is 0.818. The largest absolute Gasteiger partial charge is 0.480 e. The number of nitrogens with zero attached hydrogens (tertiary/aromatic N) is 2. The molecule has 0 aliphatic heterocycles. The van der Waals surface area contributed by atoms with Crippen molar-refractivity contribution in [3.8, 4) is 0 Å². The molecule has 0 aliphatic rings. The van der Waals surface area contributed by atoms with E-state index >= 15 is 0 Å². The highest BCUT2D eigenvalue weighted by atomic mass is 16.4. The fourth-order valence-corrected chi connectivity index (χ4v) is 1.31. The van der Waals surface area contributed by atoms with Gasteiger partial charge in [0, 0.05) is 19.6 Å². The Bertz CT molecular complexity index is 246. The SMILES string of the molecule is CCCN(CC(=O)O)C(=O)NCCN(C)CC. The van der Waals surface area contributed by atoms with Crippen molar-refractivity contribution < 1.29 is 14.7 Å². The highest BCUT2D eigenvalue weighted by Gasteiger charge is 2.14. The summed E-state index contributed by atoms with van der Waals surface area (Å²) in [6.45, 7) is 6.37. The van der Waals surface area contributed by atoms with Gasteiger partial charge in [0.05, 0.1) is 0 Å². The number of likely N-dealkylation sites (N-methyl/N-ethyl adjacent to an activating group) is 1. The second kappa shape index (κ2) is 8.81. The van der Waals surface area contributed by atoms with Gasteiger partial charge in [-0.3, -0.25) is 4.79 Å². The van der Waals surface area contributed by atoms with E-state index in [1.165, 1.54) is 4.90 Å². The van der Waals surface area contributed by atoms with Crippen molar-refractivity contribution in [3.05, 3.63) is 0 Å². The Kier molecular flexibility index (Phi) is 8.13. The molecule has 0 unspecified atom stereocenters. The first-order valence-electron chi connectivity index (χ1n) is 5.94. The van der Waals surface area contributed by atoms with Gasteiger partial charge in [0.2, 0.25) is 0 Å². The Hall–Kier alpha value is -1.30. The molecule has 0 aliphatic carbocycles. The Morgan fingerprint density at radius 3 is 2.35 bits per heavy atom. The van der Waals surface area contributed by atoms with E-state index < -0.39 is 5.97 Å². The molecule has 0 saturated carbocycles. The lowest BCUT2D eigenvalue weighted by molar-refractivity contribution is -0.137. The number of hydrogen-bond acceptors (Lipinski definition) is 3. The molecule has 6 nitrogen and oxygen atoms in total. The maximum atomic E-state index is 11.7. The van der Waals surface area contributed by atoms with Crippen LogP contribution in [-0.2, 0) is 4.79 Å². The third-order valence-corrected chi connectivity index (χ3v) is 2.42. The van der Waals surface area contributed by atoms with Crippen LogP contribution in [0.5, 0.6) is 0 Å². The molecule has 2 amide bonds. The van der Waals surface area contributed by atoms with Crippen LogP contribution in [0.3, 0.4) is 0 Å². The van der Waals surface area contributed by atoms with Crippen LogP contribution >= 0.6 is 0 Å². The fourth-order valence-electron chi connectivity index (χ4n) is 1.31. The van der Waals surface area contributed by atoms with Gasteiger partial charge in [-0.2, -0.15) is 0 Å². The topological polar surface area (TPSA) is 72.9 Å². The quantitative estimate of drug-likeness (QED) is 0.651. The average Bonchev–Trinajstić information content (AvgIpc) is 2.27. The molecule has 0 fully saturated rings. The summed E-state index contributed by atoms with van der Waals surface area (Å²) in [5, 5.41) is 11.4. The van der Waals surface area contributed by atoms with Crippen molar-refractivity contribution in [2.45, 2.75) is 20.3 Å². The van der Waals surface area contributed by atoms with Crippen molar-refractivity contribution >= 4 is 12.0 Å². The molecule has 100 valence electrons. The number of nitrogens with one attached hydrogen (secondary N) is 1. The van der Waals surface area contributed by atoms with Crippen LogP contribution in [-0.4, -0.2) is 66.7 Å². The third kappa shape index (κ3) is 7.57. The monoisotopic (exact) mass is 245 g/mol. The minimum atomic E-state index is -0.987. The summed E-state index contributed by atoms with van der Waals surface area (Å²) >= 11 is 0. The summed E-state index contributed by atoms with van der Waals surface area (Å²) in [6, 6.07) is -0.307. The highest BCUT2D eigenvalue weighted by Crippen LogP contribution is 1.92. The van der Waals surface area contributed by atoms with Crippen molar-refractivity contribution in [3.63, 3.8) is 0 Å². The lowest BCUT2D eigenvalue weighted by atomic mass is 10.4. The second-order valence-corrected chi connectivity index (χ2v) is 3.94. The van der Waals surface area contributed by atoms with Crippen LogP contribution < -0.4 is 5.32 Å². The summed E-state index contributed by atoms with van der Waals surface area (Å²) in [5.74, 6) is -0.987. The van der Waals surface area contributed by atoms with Crippen LogP contribution in [0.2, 0.25) is 0 Å². The molecule has 17 heavy (non-hydrogen) atoms. The van der Waals surface area contributed by atoms with E-state index in [4.69, 9.17) is 5.11 Å². The molecule has 0 saturated heterocycles. The Morgan fingerprint density at radius 2 is 1.88 bits per heavy atom. The van der Waals surface area contributed by atoms with Crippen LogP contribution in [0.1, 0.15) is 20.3 Å². The van der Waals surface area contributed by atoms with Crippen molar-refractivity contribution in [1.82, 2.24) is 15.1 Å². The van der Waals surface area contributed by atoms with E-state index in [1.807, 2.05) is 20.9 Å². The van der Waals surface area contributed by atoms with E-state index in [2.05, 4.69) is 10.2 Å². The lowest BCUT2D eigenvalue weighted by Crippen LogP contribution is -2.45. The molecule has 6 heteroatoms. The first-order valence-corrected chi connectivity index (χ1v) is 5.94. The normalized spacial score (nSPS) is 10.4. The first-order chi connectivity index (χ1) is 8.01. The molecule has 0 spiro atoms. The summed E-state index contributed by atoms with van der Waals surface area (Å²) in [7, 11) is 1.97. The highest BCUT2D eigenvalue weighted by molar-refractivity contribution is 5.80. The zero-order chi connectivity index (χ0) is 13.3. The summed E-state index contributed by atoms with van der Waals surface area (Å²) in [5.41, 5.74) is 0. The number of carboxylic acids is 1. The van der Waals surface area contributed by atoms with E-state index in [-0.39, 0.29) is 12.6 Å². The number of carbonyl (C=O) groups is 2. The number of rotatable bonds is 8. The van der Waals surface area contributed by atoms with Crippen LogP contribution in [0.4, 0.5) is 4.79 Å². The maximum absolute atomic E-state index is 11.7. The van der Waals surface area contributed by atoms with Crippen molar-refractivity contribution in [2.24, 2.45) is 0 Å². The number of urea groups is 1. The summed E-state index contributed by atoms with van der Waals surface area (Å²) in [6.07, 6.45) is 0.746. The Labute approximate surface area is 103 Å². The maximum Gasteiger partial charge on any atom is 0.323 e. The molecule has 0 rings (SSSR count). The smallest absolute Gasteiger partial charge is 0.323 e. The zero-order valence-electron chi connectivity index (χ0n) is 10.9. The Balaban J connectivity index is 4.00. The number of carboxylic acid groups (broad SMARTS) is 1. The standard InChI is InChI=1S/C11H23N3O3/c1-4-7-14(9-10(15)16)11(17)12-6-8-13(3)5-2/h4-9H2,1-3H3,(H,12,17)(H,15,16). The molecule has 2 N–H and O–H groups in total. The minimum Gasteiger partial charge on any atom is -0.480 e. The van der Waals surface area contributed by atoms with Gasteiger partial charge in [-0.25, -0.2) is 4.79 Å². The van der Waals surface area contributed by atoms with E-state index in [0.29, 0.717) is 13.1 Å². The summed E-state index contributed by atoms with van der Waals surface area (Å²) < 4.78 is 0. The molecular weight excluding hydrogens is 222 g/mol. The number of aliphatic carboxylic acids is 1. The predicted molar refractivity (Wildman–Crippen MR) is 66.1 cm³/mol. The first kappa shape index (κ1) is 15.7. The molecule has 0 bridgehead atoms. The van der Waals surface area contributed by atoms with Crippen LogP contribution in [0, 0.1) is 0 Å². The molecule has 0 aromatic rings. The zero-order valence-corrected chi connectivity index (χ0v) is 10.9. The minimum absolute atomic E-state index is 0.247. The van der Waals surface area contributed by atoms with Gasteiger partial charge < -0.3 is 20.2 Å². The van der Waals surface area contributed by atoms with Crippen LogP contribution in [0.25, 0.3) is 0 Å². The Morgan fingerprint density at radius 1 is 1.24 bits per heavy atom. The molecule has 0 aromatic heterocycles. The summed E-state index contributed by atoms with van der Waals surface area (Å²) in [4.78, 5) is 25.6. The number of amides is 2. The van der Waals surface area contributed by atoms with Crippen molar-refractivity contribution in [1.29, 1.82) is 0 Å². The van der Waals surface area contributed by atoms with Crippen molar-refractivity contribution in [2.75, 3.05) is 39.8 Å². The number of hydrogen-bond donors (Lipinski definition) is 2. The van der Waals surface area contributed by atoms with Gasteiger partial charge in [0.1, 0.15) is 6.54 Å². The van der Waals surface area contributed by atoms with Gasteiger partial charge in [0.25, 0.3) is 0 Å².